The first-order valence-corrected chi connectivity index (χ1v) is 7.04. The Bertz CT molecular complexity index is 748. The Morgan fingerprint density at radius 3 is 2.89 bits per heavy atom. The number of aliphatic imine (C=N–C) groups is 1. The molecule has 19 heavy (non-hydrogen) atoms. The minimum Gasteiger partial charge on any atom is -0.288 e. The molecule has 2 nitrogen and oxygen atoms in total. The number of dihydropyridines is 1. The highest BCUT2D eigenvalue weighted by Crippen LogP contribution is 2.31. The minimum atomic E-state index is 0.770. The maximum atomic E-state index is 4.84. The van der Waals surface area contributed by atoms with E-state index in [4.69, 9.17) is 4.99 Å². The summed E-state index contributed by atoms with van der Waals surface area (Å²) in [5, 5.41) is 2.37. The number of rotatable bonds is 1. The number of hydrogen-bond donors (Lipinski definition) is 0. The van der Waals surface area contributed by atoms with Gasteiger partial charge in [-0.25, -0.2) is 4.99 Å². The van der Waals surface area contributed by atoms with Gasteiger partial charge in [-0.15, -0.1) is 0 Å². The Labute approximate surface area is 112 Å². The van der Waals surface area contributed by atoms with Gasteiger partial charge >= 0.3 is 0 Å². The number of hydrogen-bond acceptors (Lipinski definition) is 2. The fraction of sp³-hybridized carbons (Fsp3) is 0.294. The molecule has 0 spiro atoms. The molecule has 2 heteroatoms. The summed E-state index contributed by atoms with van der Waals surface area (Å²) in [5.41, 5.74) is 5.18. The molecule has 0 atom stereocenters. The highest BCUT2D eigenvalue weighted by molar-refractivity contribution is 5.94. The minimum absolute atomic E-state index is 0.770. The van der Waals surface area contributed by atoms with E-state index in [1.807, 2.05) is 6.21 Å². The fourth-order valence-corrected chi connectivity index (χ4v) is 3.13. The van der Waals surface area contributed by atoms with Crippen LogP contribution in [-0.4, -0.2) is 12.8 Å². The quantitative estimate of drug-likeness (QED) is 0.728. The molecule has 0 saturated carbocycles. The van der Waals surface area contributed by atoms with Gasteiger partial charge in [0.25, 0.3) is 0 Å². The summed E-state index contributed by atoms with van der Waals surface area (Å²) in [6.45, 7) is 0.770. The molecular weight excluding hydrogens is 232 g/mol. The first-order valence-electron chi connectivity index (χ1n) is 7.04. The molecule has 2 aliphatic heterocycles. The summed E-state index contributed by atoms with van der Waals surface area (Å²) in [5.74, 6) is 0. The largest absolute Gasteiger partial charge is 0.288 e. The van der Waals surface area contributed by atoms with Gasteiger partial charge in [-0.1, -0.05) is 24.3 Å². The van der Waals surface area contributed by atoms with Crippen LogP contribution in [0.1, 0.15) is 25.7 Å². The van der Waals surface area contributed by atoms with E-state index in [1.54, 1.807) is 0 Å². The van der Waals surface area contributed by atoms with Gasteiger partial charge in [0, 0.05) is 22.6 Å². The molecule has 1 aromatic rings. The lowest BCUT2D eigenvalue weighted by Crippen LogP contribution is -2.23. The molecule has 0 radical (unpaired) electrons. The second kappa shape index (κ2) is 4.30. The van der Waals surface area contributed by atoms with Crippen LogP contribution in [0.25, 0.3) is 5.57 Å². The van der Waals surface area contributed by atoms with E-state index in [0.717, 1.165) is 11.9 Å². The van der Waals surface area contributed by atoms with E-state index in [0.29, 0.717) is 0 Å². The Balaban J connectivity index is 1.95. The molecule has 0 N–H and O–H groups in total. The summed E-state index contributed by atoms with van der Waals surface area (Å²) in [7, 11) is 0. The third-order valence-corrected chi connectivity index (χ3v) is 4.11. The maximum Gasteiger partial charge on any atom is 0.0784 e. The van der Waals surface area contributed by atoms with Crippen LogP contribution in [0.4, 0.5) is 0 Å². The van der Waals surface area contributed by atoms with E-state index in [-0.39, 0.29) is 0 Å². The summed E-state index contributed by atoms with van der Waals surface area (Å²) in [6.07, 6.45) is 9.38. The van der Waals surface area contributed by atoms with E-state index in [2.05, 4.69) is 35.3 Å². The van der Waals surface area contributed by atoms with Gasteiger partial charge in [0.1, 0.15) is 0 Å². The van der Waals surface area contributed by atoms with Gasteiger partial charge in [0.15, 0.2) is 0 Å². The number of para-hydroxylation sites is 1. The van der Waals surface area contributed by atoms with E-state index in [1.165, 1.54) is 53.3 Å². The van der Waals surface area contributed by atoms with Crippen LogP contribution in [0.3, 0.4) is 0 Å². The van der Waals surface area contributed by atoms with Crippen LogP contribution < -0.4 is 10.6 Å². The number of fused-ring (bicyclic) bond motifs is 2. The van der Waals surface area contributed by atoms with E-state index < -0.39 is 0 Å². The van der Waals surface area contributed by atoms with Crippen LogP contribution in [0.5, 0.6) is 0 Å². The van der Waals surface area contributed by atoms with Gasteiger partial charge in [-0.3, -0.25) is 4.99 Å². The first-order chi connectivity index (χ1) is 9.43. The topological polar surface area (TPSA) is 24.7 Å². The van der Waals surface area contributed by atoms with Crippen molar-refractivity contribution in [3.63, 3.8) is 0 Å². The summed E-state index contributed by atoms with van der Waals surface area (Å²) in [4.78, 5) is 9.40. The average molecular weight is 248 g/mol. The highest BCUT2D eigenvalue weighted by atomic mass is 14.8. The van der Waals surface area contributed by atoms with Gasteiger partial charge in [-0.05, 0) is 37.3 Å². The number of nitrogens with zero attached hydrogens (tertiary/aromatic N) is 2. The first kappa shape index (κ1) is 10.9. The monoisotopic (exact) mass is 248 g/mol. The zero-order valence-electron chi connectivity index (χ0n) is 10.9. The summed E-state index contributed by atoms with van der Waals surface area (Å²) in [6, 6.07) is 8.40. The smallest absolute Gasteiger partial charge is 0.0784 e. The lowest BCUT2D eigenvalue weighted by molar-refractivity contribution is 0.708. The van der Waals surface area contributed by atoms with Crippen molar-refractivity contribution in [3.8, 4) is 0 Å². The van der Waals surface area contributed by atoms with Crippen LogP contribution >= 0.6 is 0 Å². The normalized spacial score (nSPS) is 20.8. The van der Waals surface area contributed by atoms with Crippen LogP contribution in [-0.2, 0) is 0 Å². The molecule has 0 unspecified atom stereocenters. The molecule has 0 fully saturated rings. The molecule has 0 saturated heterocycles. The van der Waals surface area contributed by atoms with Gasteiger partial charge in [0.05, 0.1) is 17.6 Å². The molecule has 0 bridgehead atoms. The average Bonchev–Trinajstić information content (AvgIpc) is 2.87. The fourth-order valence-electron chi connectivity index (χ4n) is 3.13. The molecule has 0 aromatic heterocycles. The third-order valence-electron chi connectivity index (χ3n) is 4.11. The Hall–Kier alpha value is -1.96. The molecular formula is C17H16N2. The lowest BCUT2D eigenvalue weighted by Gasteiger charge is -2.18. The van der Waals surface area contributed by atoms with Crippen molar-refractivity contribution < 1.29 is 0 Å². The highest BCUT2D eigenvalue weighted by Gasteiger charge is 2.21. The van der Waals surface area contributed by atoms with Gasteiger partial charge in [0.2, 0.25) is 0 Å². The molecule has 4 rings (SSSR count). The SMILES string of the molecule is C1=NCC2=c3ccccc3=NC2=C1C1=CCCCC1. The maximum absolute atomic E-state index is 4.84. The second-order valence-electron chi connectivity index (χ2n) is 5.31. The van der Waals surface area contributed by atoms with Crippen molar-refractivity contribution in [1.29, 1.82) is 0 Å². The molecule has 1 aliphatic carbocycles. The number of benzene rings is 1. The second-order valence-corrected chi connectivity index (χ2v) is 5.31. The van der Waals surface area contributed by atoms with Crippen LogP contribution in [0.2, 0.25) is 0 Å². The molecule has 1 aromatic carbocycles. The van der Waals surface area contributed by atoms with Crippen molar-refractivity contribution in [3.05, 3.63) is 57.8 Å². The Kier molecular flexibility index (Phi) is 2.47. The van der Waals surface area contributed by atoms with Crippen molar-refractivity contribution in [2.24, 2.45) is 9.98 Å². The molecule has 94 valence electrons. The summed E-state index contributed by atoms with van der Waals surface area (Å²) < 4.78 is 0. The van der Waals surface area contributed by atoms with Crippen molar-refractivity contribution >= 4 is 11.8 Å². The predicted octanol–water partition coefficient (Wildman–Crippen LogP) is 2.31. The molecule has 3 aliphatic rings. The summed E-state index contributed by atoms with van der Waals surface area (Å²) >= 11 is 0. The van der Waals surface area contributed by atoms with Crippen LogP contribution in [0.15, 0.2) is 57.2 Å². The standard InChI is InChI=1S/C17H16N2/c1-2-6-12(7-3-1)14-10-18-11-15-13-8-4-5-9-16(13)19-17(14)15/h4-6,8-10H,1-3,7,11H2. The molecule has 2 heterocycles. The number of allylic oxidation sites excluding steroid dienone is 3. The van der Waals surface area contributed by atoms with E-state index >= 15 is 0 Å². The van der Waals surface area contributed by atoms with Gasteiger partial charge < -0.3 is 0 Å². The van der Waals surface area contributed by atoms with Crippen molar-refractivity contribution in [2.45, 2.75) is 25.7 Å². The predicted molar refractivity (Wildman–Crippen MR) is 77.6 cm³/mol. The van der Waals surface area contributed by atoms with Gasteiger partial charge in [-0.2, -0.15) is 0 Å². The zero-order valence-corrected chi connectivity index (χ0v) is 10.9. The molecule has 0 amide bonds. The van der Waals surface area contributed by atoms with Crippen LogP contribution in [0, 0.1) is 0 Å². The third kappa shape index (κ3) is 1.71. The Morgan fingerprint density at radius 2 is 2.00 bits per heavy atom. The zero-order chi connectivity index (χ0) is 12.7. The lowest BCUT2D eigenvalue weighted by atomic mass is 9.90. The van der Waals surface area contributed by atoms with E-state index in [9.17, 15) is 0 Å². The Morgan fingerprint density at radius 1 is 1.05 bits per heavy atom. The van der Waals surface area contributed by atoms with Crippen molar-refractivity contribution in [2.75, 3.05) is 6.54 Å². The van der Waals surface area contributed by atoms with Crippen molar-refractivity contribution in [1.82, 2.24) is 0 Å².